The molecule has 2 heterocycles. The van der Waals surface area contributed by atoms with Crippen LogP contribution in [0.5, 0.6) is 5.75 Å². The van der Waals surface area contributed by atoms with Gasteiger partial charge in [0.2, 0.25) is 23.3 Å². The van der Waals surface area contributed by atoms with Crippen molar-refractivity contribution in [1.29, 1.82) is 0 Å². The van der Waals surface area contributed by atoms with E-state index in [9.17, 15) is 14.4 Å². The lowest BCUT2D eigenvalue weighted by molar-refractivity contribution is -0.137. The molecule has 2 fully saturated rings. The predicted octanol–water partition coefficient (Wildman–Crippen LogP) is 1.54. The van der Waals surface area contributed by atoms with Crippen LogP contribution >= 0.6 is 23.2 Å². The van der Waals surface area contributed by atoms with Gasteiger partial charge in [-0.1, -0.05) is 13.8 Å². The molecule has 12 heteroatoms. The van der Waals surface area contributed by atoms with Gasteiger partial charge < -0.3 is 20.3 Å². The van der Waals surface area contributed by atoms with E-state index >= 15 is 0 Å². The number of ketones is 1. The fraction of sp³-hybridized carbons (Fsp3) is 0.481. The minimum atomic E-state index is -0.873. The number of alkyl halides is 2. The van der Waals surface area contributed by atoms with Gasteiger partial charge in [-0.3, -0.25) is 19.8 Å². The molecule has 0 bridgehead atoms. The summed E-state index contributed by atoms with van der Waals surface area (Å²) < 4.78 is 4.89. The van der Waals surface area contributed by atoms with Gasteiger partial charge in [-0.05, 0) is 37.1 Å². The maximum absolute atomic E-state index is 13.1. The maximum atomic E-state index is 13.1. The van der Waals surface area contributed by atoms with Crippen LogP contribution in [0.3, 0.4) is 0 Å². The minimum absolute atomic E-state index is 0.0300. The van der Waals surface area contributed by atoms with Crippen LogP contribution < -0.4 is 20.8 Å². The number of Topliss-reactive ketones (excluding diaryl/α,β-unsaturated/α-hetero) is 1. The van der Waals surface area contributed by atoms with Crippen LogP contribution in [-0.4, -0.2) is 68.2 Å². The van der Waals surface area contributed by atoms with Crippen LogP contribution in [-0.2, 0) is 21.0 Å². The molecule has 4 rings (SSSR count). The smallest absolute Gasteiger partial charge is 0.249 e. The monoisotopic (exact) mass is 575 g/mol. The average molecular weight is 577 g/mol. The van der Waals surface area contributed by atoms with Gasteiger partial charge in [-0.25, -0.2) is 9.97 Å². The van der Waals surface area contributed by atoms with Gasteiger partial charge in [0.1, 0.15) is 22.7 Å². The van der Waals surface area contributed by atoms with Gasteiger partial charge in [0.15, 0.2) is 5.82 Å². The van der Waals surface area contributed by atoms with Crippen molar-refractivity contribution in [3.63, 3.8) is 0 Å². The highest BCUT2D eigenvalue weighted by atomic mass is 35.5. The van der Waals surface area contributed by atoms with Crippen molar-refractivity contribution < 1.29 is 24.5 Å². The molecule has 10 nitrogen and oxygen atoms in total. The van der Waals surface area contributed by atoms with Crippen molar-refractivity contribution in [1.82, 2.24) is 20.2 Å². The van der Waals surface area contributed by atoms with E-state index in [0.29, 0.717) is 42.3 Å². The molecule has 1 aliphatic heterocycles. The Morgan fingerprint density at radius 3 is 2.54 bits per heavy atom. The molecule has 208 valence electrons. The van der Waals surface area contributed by atoms with Crippen LogP contribution in [0.15, 0.2) is 36.7 Å². The molecule has 1 aromatic carbocycles. The third-order valence-corrected chi connectivity index (χ3v) is 9.02. The minimum Gasteiger partial charge on any atom is -0.486 e. The second-order valence-electron chi connectivity index (χ2n) is 10.4. The van der Waals surface area contributed by atoms with Crippen molar-refractivity contribution in [3.05, 3.63) is 48.0 Å². The van der Waals surface area contributed by atoms with Crippen molar-refractivity contribution in [3.8, 4) is 5.75 Å². The summed E-state index contributed by atoms with van der Waals surface area (Å²) in [5.74, 6) is 0.138. The number of likely N-dealkylation sites (tertiary alicyclic amines) is 1. The Morgan fingerprint density at radius 2 is 1.90 bits per heavy atom. The van der Waals surface area contributed by atoms with E-state index in [0.717, 1.165) is 6.42 Å². The molecule has 4 N–H and O–H groups in total. The first-order valence-corrected chi connectivity index (χ1v) is 13.5. The lowest BCUT2D eigenvalue weighted by Gasteiger charge is -2.24. The van der Waals surface area contributed by atoms with E-state index in [2.05, 4.69) is 20.6 Å². The van der Waals surface area contributed by atoms with Crippen LogP contribution in [0.1, 0.15) is 45.0 Å². The highest BCUT2D eigenvalue weighted by molar-refractivity contribution is 6.51. The van der Waals surface area contributed by atoms with Gasteiger partial charge in [-0.15, -0.1) is 23.2 Å². The zero-order valence-corrected chi connectivity index (χ0v) is 23.7. The molecule has 0 radical (unpaired) electrons. The van der Waals surface area contributed by atoms with Crippen molar-refractivity contribution in [2.75, 3.05) is 25.0 Å². The number of nitrogens with two attached hydrogens (primary N) is 1. The molecule has 1 saturated heterocycles. The van der Waals surface area contributed by atoms with E-state index in [4.69, 9.17) is 33.3 Å². The molecule has 2 aromatic rings. The Hall–Kier alpha value is -3.24. The van der Waals surface area contributed by atoms with Crippen molar-refractivity contribution in [2.24, 2.45) is 11.3 Å². The van der Waals surface area contributed by atoms with E-state index in [-0.39, 0.29) is 47.8 Å². The zero-order valence-electron chi connectivity index (χ0n) is 22.2. The van der Waals surface area contributed by atoms with Crippen LogP contribution in [0.2, 0.25) is 0 Å². The number of halogens is 2. The standard InChI is InChI=1S/C27H32Cl2N6O4/c1-16(36)24(30)18-12-17(39-15-22-31-9-5-10-32-22)7-8-19(18)33-14-23(37)35-11-4-6-20(35)25(38)34-13-21-26(2,3)27(21,28)29/h5,7-10,12,20-21,30,33H,4,6,11,13-15H2,1-3H3,(H,34,38)/p+1/t20-,21-/m0/s1. The normalized spacial score (nSPS) is 20.7. The molecule has 0 unspecified atom stereocenters. The molecule has 2 aliphatic rings. The van der Waals surface area contributed by atoms with Gasteiger partial charge in [0.25, 0.3) is 0 Å². The Kier molecular flexibility index (Phi) is 8.46. The SMILES string of the molecule is CC(=O)C(=[NH2+])c1cc(OCc2ncccn2)ccc1NCC(=O)N1CCC[C@H]1C(=O)NC[C@H]1C(C)(C)C1(Cl)Cl. The number of nitrogens with one attached hydrogen (secondary N) is 2. The van der Waals surface area contributed by atoms with E-state index < -0.39 is 10.4 Å². The number of benzene rings is 1. The molecule has 1 saturated carbocycles. The summed E-state index contributed by atoms with van der Waals surface area (Å²) in [5.41, 5.74) is 0.652. The third kappa shape index (κ3) is 6.17. The van der Waals surface area contributed by atoms with Crippen molar-refractivity contribution >= 4 is 52.2 Å². The molecule has 39 heavy (non-hydrogen) atoms. The molecule has 1 aromatic heterocycles. The number of hydrogen-bond donors (Lipinski definition) is 3. The molecule has 1 aliphatic carbocycles. The molecule has 2 amide bonds. The summed E-state index contributed by atoms with van der Waals surface area (Å²) in [6.07, 6.45) is 4.54. The largest absolute Gasteiger partial charge is 0.486 e. The number of carbonyl (C=O) groups is 3. The van der Waals surface area contributed by atoms with Gasteiger partial charge >= 0.3 is 0 Å². The number of hydrogen-bond acceptors (Lipinski definition) is 7. The molecule has 0 spiro atoms. The third-order valence-electron chi connectivity index (χ3n) is 7.52. The summed E-state index contributed by atoms with van der Waals surface area (Å²) in [6, 6.07) is 6.17. The number of rotatable bonds is 11. The maximum Gasteiger partial charge on any atom is 0.249 e. The summed E-state index contributed by atoms with van der Waals surface area (Å²) in [5, 5.41) is 12.1. The Morgan fingerprint density at radius 1 is 1.21 bits per heavy atom. The number of amides is 2. The topological polar surface area (TPSA) is 139 Å². The average Bonchev–Trinajstić information content (AvgIpc) is 3.24. The lowest BCUT2D eigenvalue weighted by atomic mass is 10.0. The highest BCUT2D eigenvalue weighted by Gasteiger charge is 2.69. The van der Waals surface area contributed by atoms with Gasteiger partial charge in [-0.2, -0.15) is 0 Å². The first kappa shape index (κ1) is 28.8. The Bertz CT molecular complexity index is 1260. The number of ether oxygens (including phenoxy) is 1. The fourth-order valence-corrected chi connectivity index (χ4v) is 5.66. The first-order chi connectivity index (χ1) is 18.4. The summed E-state index contributed by atoms with van der Waals surface area (Å²) in [7, 11) is 0. The van der Waals surface area contributed by atoms with Crippen LogP contribution in [0.25, 0.3) is 0 Å². The van der Waals surface area contributed by atoms with E-state index in [1.54, 1.807) is 41.6 Å². The molecular formula is C27H33Cl2N6O4+. The van der Waals surface area contributed by atoms with Crippen molar-refractivity contribution in [2.45, 2.75) is 50.6 Å². The summed E-state index contributed by atoms with van der Waals surface area (Å²) >= 11 is 12.7. The number of anilines is 1. The number of nitrogens with zero attached hydrogens (tertiary/aromatic N) is 3. The van der Waals surface area contributed by atoms with E-state index in [1.165, 1.54) is 6.92 Å². The number of aromatic nitrogens is 2. The molecule has 2 atom stereocenters. The highest BCUT2D eigenvalue weighted by Crippen LogP contribution is 2.68. The summed E-state index contributed by atoms with van der Waals surface area (Å²) in [4.78, 5) is 47.9. The lowest BCUT2D eigenvalue weighted by Crippen LogP contribution is -2.48. The summed E-state index contributed by atoms with van der Waals surface area (Å²) in [6.45, 7) is 6.17. The fourth-order valence-electron chi connectivity index (χ4n) is 4.80. The van der Waals surface area contributed by atoms with Crippen LogP contribution in [0.4, 0.5) is 5.69 Å². The second-order valence-corrected chi connectivity index (χ2v) is 11.8. The van der Waals surface area contributed by atoms with Crippen LogP contribution in [0, 0.1) is 11.3 Å². The van der Waals surface area contributed by atoms with Gasteiger partial charge in [0, 0.05) is 49.4 Å². The first-order valence-electron chi connectivity index (χ1n) is 12.8. The van der Waals surface area contributed by atoms with Gasteiger partial charge in [0.05, 0.1) is 12.1 Å². The van der Waals surface area contributed by atoms with E-state index in [1.807, 2.05) is 13.8 Å². The Balaban J connectivity index is 1.38. The zero-order chi connectivity index (χ0) is 28.4. The number of carbonyl (C=O) groups excluding carboxylic acids is 3. The Labute approximate surface area is 237 Å². The second kappa shape index (κ2) is 11.5. The quantitative estimate of drug-likeness (QED) is 0.273. The molecular weight excluding hydrogens is 543 g/mol. The predicted molar refractivity (Wildman–Crippen MR) is 147 cm³/mol.